The average Bonchev–Trinajstić information content (AvgIpc) is 2.90. The molecule has 2 rings (SSSR count). The third kappa shape index (κ3) is 4.17. The van der Waals surface area contributed by atoms with Gasteiger partial charge in [-0.05, 0) is 49.2 Å². The average molecular weight is 334 g/mol. The Bertz CT molecular complexity index is 788. The first-order valence-electron chi connectivity index (χ1n) is 6.87. The molecule has 6 heteroatoms. The Kier molecular flexibility index (Phi) is 5.35. The third-order valence-electron chi connectivity index (χ3n) is 3.45. The molecule has 116 valence electrons. The largest absolute Gasteiger partial charge is 0.300 e. The zero-order chi connectivity index (χ0) is 16.2. The Morgan fingerprint density at radius 2 is 2.09 bits per heavy atom. The molecule has 0 saturated heterocycles. The van der Waals surface area contributed by atoms with Crippen LogP contribution in [-0.4, -0.2) is 32.7 Å². The van der Waals surface area contributed by atoms with Gasteiger partial charge >= 0.3 is 0 Å². The first-order chi connectivity index (χ1) is 10.4. The lowest BCUT2D eigenvalue weighted by Gasteiger charge is -2.16. The van der Waals surface area contributed by atoms with E-state index < -0.39 is 9.84 Å². The quantitative estimate of drug-likeness (QED) is 0.815. The Labute approximate surface area is 135 Å². The maximum atomic E-state index is 12.3. The second kappa shape index (κ2) is 7.05. The van der Waals surface area contributed by atoms with Crippen LogP contribution in [0.15, 0.2) is 40.6 Å². The minimum atomic E-state index is -3.37. The highest BCUT2D eigenvalue weighted by Gasteiger charge is 2.16. The summed E-state index contributed by atoms with van der Waals surface area (Å²) in [6, 6.07) is 10.2. The van der Waals surface area contributed by atoms with Gasteiger partial charge < -0.3 is 4.90 Å². The van der Waals surface area contributed by atoms with Crippen molar-refractivity contribution in [2.75, 3.05) is 19.3 Å². The molecule has 0 amide bonds. The summed E-state index contributed by atoms with van der Waals surface area (Å²) in [5, 5.41) is 10.9. The molecule has 0 saturated carbocycles. The fourth-order valence-electron chi connectivity index (χ4n) is 2.04. The molecule has 1 aromatic heterocycles. The van der Waals surface area contributed by atoms with Crippen LogP contribution >= 0.6 is 11.3 Å². The molecule has 0 aliphatic heterocycles. The lowest BCUT2D eigenvalue weighted by molar-refractivity contribution is 0.348. The smallest absolute Gasteiger partial charge is 0.179 e. The van der Waals surface area contributed by atoms with Crippen molar-refractivity contribution in [1.82, 2.24) is 4.90 Å². The van der Waals surface area contributed by atoms with E-state index in [1.165, 1.54) is 16.5 Å². The van der Waals surface area contributed by atoms with Gasteiger partial charge in [0.15, 0.2) is 9.84 Å². The second-order valence-electron chi connectivity index (χ2n) is 5.22. The van der Waals surface area contributed by atoms with Crippen LogP contribution in [0.25, 0.3) is 0 Å². The van der Waals surface area contributed by atoms with Gasteiger partial charge in [0.2, 0.25) is 0 Å². The topological polar surface area (TPSA) is 61.2 Å². The number of benzene rings is 1. The molecule has 2 aromatic rings. The summed E-state index contributed by atoms with van der Waals surface area (Å²) in [7, 11) is -1.45. The van der Waals surface area contributed by atoms with Crippen LogP contribution in [0.1, 0.15) is 16.0 Å². The van der Waals surface area contributed by atoms with Crippen LogP contribution in [0.5, 0.6) is 0 Å². The van der Waals surface area contributed by atoms with Crippen LogP contribution in [0.4, 0.5) is 0 Å². The number of hydrogen-bond acceptors (Lipinski definition) is 5. The Morgan fingerprint density at radius 1 is 1.32 bits per heavy atom. The fourth-order valence-corrected chi connectivity index (χ4v) is 4.41. The fraction of sp³-hybridized carbons (Fsp3) is 0.312. The molecule has 0 fully saturated rings. The van der Waals surface area contributed by atoms with Gasteiger partial charge in [-0.1, -0.05) is 6.07 Å². The number of aryl methyl sites for hydroxylation is 1. The van der Waals surface area contributed by atoms with E-state index in [1.54, 1.807) is 29.5 Å². The van der Waals surface area contributed by atoms with Gasteiger partial charge in [-0.25, -0.2) is 8.42 Å². The van der Waals surface area contributed by atoms with Gasteiger partial charge in [-0.15, -0.1) is 11.3 Å². The van der Waals surface area contributed by atoms with E-state index in [0.29, 0.717) is 12.1 Å². The molecule has 0 spiro atoms. The van der Waals surface area contributed by atoms with Gasteiger partial charge in [-0.2, -0.15) is 5.26 Å². The van der Waals surface area contributed by atoms with E-state index in [9.17, 15) is 8.42 Å². The highest BCUT2D eigenvalue weighted by Crippen LogP contribution is 2.18. The van der Waals surface area contributed by atoms with E-state index in [2.05, 4.69) is 13.0 Å². The molecule has 1 heterocycles. The van der Waals surface area contributed by atoms with Gasteiger partial charge in [-0.3, -0.25) is 0 Å². The van der Waals surface area contributed by atoms with Crippen LogP contribution in [0, 0.1) is 18.3 Å². The summed E-state index contributed by atoms with van der Waals surface area (Å²) in [5.74, 6) is 0.0444. The summed E-state index contributed by atoms with van der Waals surface area (Å²) in [5.41, 5.74) is 1.60. The predicted octanol–water partition coefficient (Wildman–Crippen LogP) is 2.83. The minimum Gasteiger partial charge on any atom is -0.300 e. The van der Waals surface area contributed by atoms with Gasteiger partial charge in [0.1, 0.15) is 0 Å². The van der Waals surface area contributed by atoms with E-state index >= 15 is 0 Å². The van der Waals surface area contributed by atoms with Gasteiger partial charge in [0.25, 0.3) is 0 Å². The number of sulfone groups is 1. The van der Waals surface area contributed by atoms with Crippen LogP contribution < -0.4 is 0 Å². The standard InChI is InChI=1S/C16H18N2O2S2/c1-13-6-8-21-16(13)12-18(2)7-9-22(19,20)15-5-3-4-14(10-15)11-17/h3-6,8,10H,7,9,12H2,1-2H3. The number of thiophene rings is 1. The maximum Gasteiger partial charge on any atom is 0.179 e. The van der Waals surface area contributed by atoms with Crippen molar-refractivity contribution in [1.29, 1.82) is 5.26 Å². The summed E-state index contributed by atoms with van der Waals surface area (Å²) < 4.78 is 24.7. The zero-order valence-corrected chi connectivity index (χ0v) is 14.2. The molecule has 0 radical (unpaired) electrons. The van der Waals surface area contributed by atoms with E-state index in [-0.39, 0.29) is 10.6 Å². The number of hydrogen-bond donors (Lipinski definition) is 0. The van der Waals surface area contributed by atoms with Gasteiger partial charge in [0.05, 0.1) is 22.3 Å². The molecule has 0 unspecified atom stereocenters. The Morgan fingerprint density at radius 3 is 2.73 bits per heavy atom. The van der Waals surface area contributed by atoms with Crippen molar-refractivity contribution in [2.24, 2.45) is 0 Å². The summed E-state index contributed by atoms with van der Waals surface area (Å²) in [4.78, 5) is 3.48. The lowest BCUT2D eigenvalue weighted by Crippen LogP contribution is -2.25. The molecule has 0 bridgehead atoms. The van der Waals surface area contributed by atoms with Crippen LogP contribution in [-0.2, 0) is 16.4 Å². The minimum absolute atomic E-state index is 0.0444. The number of nitriles is 1. The number of rotatable bonds is 6. The first-order valence-corrected chi connectivity index (χ1v) is 9.40. The Hall–Kier alpha value is -1.68. The normalized spacial score (nSPS) is 11.5. The SMILES string of the molecule is Cc1ccsc1CN(C)CCS(=O)(=O)c1cccc(C#N)c1. The monoisotopic (exact) mass is 334 g/mol. The molecule has 0 aliphatic carbocycles. The highest BCUT2D eigenvalue weighted by atomic mass is 32.2. The van der Waals surface area contributed by atoms with E-state index in [4.69, 9.17) is 5.26 Å². The van der Waals surface area contributed by atoms with Crippen molar-refractivity contribution < 1.29 is 8.42 Å². The lowest BCUT2D eigenvalue weighted by atomic mass is 10.2. The summed E-state index contributed by atoms with van der Waals surface area (Å²) >= 11 is 1.69. The third-order valence-corrected chi connectivity index (χ3v) is 6.15. The summed E-state index contributed by atoms with van der Waals surface area (Å²) in [6.45, 7) is 3.26. The van der Waals surface area contributed by atoms with Crippen molar-refractivity contribution in [3.8, 4) is 6.07 Å². The van der Waals surface area contributed by atoms with Crippen LogP contribution in [0.2, 0.25) is 0 Å². The summed E-state index contributed by atoms with van der Waals surface area (Å²) in [6.07, 6.45) is 0. The molecular formula is C16H18N2O2S2. The first kappa shape index (κ1) is 16.7. The molecule has 0 N–H and O–H groups in total. The second-order valence-corrected chi connectivity index (χ2v) is 8.33. The van der Waals surface area contributed by atoms with E-state index in [0.717, 1.165) is 6.54 Å². The number of nitrogens with zero attached hydrogens (tertiary/aromatic N) is 2. The zero-order valence-electron chi connectivity index (χ0n) is 12.6. The van der Waals surface area contributed by atoms with Gasteiger partial charge in [0, 0.05) is 18.0 Å². The van der Waals surface area contributed by atoms with Crippen molar-refractivity contribution in [2.45, 2.75) is 18.4 Å². The molecule has 0 aliphatic rings. The Balaban J connectivity index is 2.00. The molecule has 1 aromatic carbocycles. The van der Waals surface area contributed by atoms with Crippen molar-refractivity contribution in [3.05, 3.63) is 51.7 Å². The molecule has 0 atom stereocenters. The maximum absolute atomic E-state index is 12.3. The molecule has 4 nitrogen and oxygen atoms in total. The van der Waals surface area contributed by atoms with Crippen molar-refractivity contribution in [3.63, 3.8) is 0 Å². The van der Waals surface area contributed by atoms with Crippen molar-refractivity contribution >= 4 is 21.2 Å². The van der Waals surface area contributed by atoms with E-state index in [1.807, 2.05) is 23.4 Å². The molecular weight excluding hydrogens is 316 g/mol. The predicted molar refractivity (Wildman–Crippen MR) is 88.6 cm³/mol. The van der Waals surface area contributed by atoms with Crippen LogP contribution in [0.3, 0.4) is 0 Å². The molecule has 22 heavy (non-hydrogen) atoms. The highest BCUT2D eigenvalue weighted by molar-refractivity contribution is 7.91.